The van der Waals surface area contributed by atoms with Crippen molar-refractivity contribution < 1.29 is 29.2 Å². The van der Waals surface area contributed by atoms with Crippen LogP contribution in [0.15, 0.2) is 60.7 Å². The minimum Gasteiger partial charge on any atom is -0.490 e. The summed E-state index contributed by atoms with van der Waals surface area (Å²) < 4.78 is 22.9. The van der Waals surface area contributed by atoms with E-state index in [1.807, 2.05) is 30.3 Å². The van der Waals surface area contributed by atoms with Crippen molar-refractivity contribution in [3.63, 3.8) is 0 Å². The fraction of sp³-hybridized carbons (Fsp3) is 0.385. The summed E-state index contributed by atoms with van der Waals surface area (Å²) in [7, 11) is 0. The third kappa shape index (κ3) is 6.82. The molecule has 1 aliphatic rings. The second-order valence-corrected chi connectivity index (χ2v) is 8.26. The monoisotopic (exact) mass is 474 g/mol. The predicted molar refractivity (Wildman–Crippen MR) is 130 cm³/mol. The molecule has 2 aromatic carbocycles. The fourth-order valence-electron chi connectivity index (χ4n) is 3.69. The molecule has 0 aromatic heterocycles. The van der Waals surface area contributed by atoms with Gasteiger partial charge >= 0.3 is 0 Å². The van der Waals surface area contributed by atoms with E-state index in [4.69, 9.17) is 30.5 Å². The van der Waals surface area contributed by atoms with Crippen LogP contribution in [0.4, 0.5) is 0 Å². The normalized spacial score (nSPS) is 14.8. The van der Waals surface area contributed by atoms with Crippen molar-refractivity contribution in [1.29, 1.82) is 0 Å². The third-order valence-electron chi connectivity index (χ3n) is 5.13. The lowest BCUT2D eigenvalue weighted by Crippen LogP contribution is -2.25. The Morgan fingerprint density at radius 3 is 1.88 bits per heavy atom. The first-order valence-corrected chi connectivity index (χ1v) is 11.3. The number of aliphatic hydroxyl groups excluding tert-OH is 2. The van der Waals surface area contributed by atoms with Crippen molar-refractivity contribution in [2.75, 3.05) is 39.6 Å². The molecule has 0 heterocycles. The average Bonchev–Trinajstić information content (AvgIpc) is 2.81. The molecule has 1 aliphatic carbocycles. The van der Waals surface area contributed by atoms with Crippen LogP contribution in [0.1, 0.15) is 11.1 Å². The lowest BCUT2D eigenvalue weighted by atomic mass is 9.90. The molecule has 0 amide bonds. The predicted octanol–water partition coefficient (Wildman–Crippen LogP) is 3.95. The highest BCUT2D eigenvalue weighted by atomic mass is 35.5. The van der Waals surface area contributed by atoms with E-state index < -0.39 is 12.2 Å². The Balaban J connectivity index is 1.88. The number of rotatable bonds is 14. The maximum absolute atomic E-state index is 10.3. The zero-order chi connectivity index (χ0) is 23.6. The van der Waals surface area contributed by atoms with Gasteiger partial charge in [0.25, 0.3) is 0 Å². The molecule has 3 rings (SSSR count). The van der Waals surface area contributed by atoms with E-state index in [-0.39, 0.29) is 26.4 Å². The van der Waals surface area contributed by atoms with Gasteiger partial charge in [-0.2, -0.15) is 0 Å². The van der Waals surface area contributed by atoms with Gasteiger partial charge in [0, 0.05) is 33.4 Å². The van der Waals surface area contributed by atoms with Crippen LogP contribution in [0.2, 0.25) is 0 Å². The Labute approximate surface area is 199 Å². The zero-order valence-electron chi connectivity index (χ0n) is 18.7. The Hall–Kier alpha value is -2.35. The fourth-order valence-corrected chi connectivity index (χ4v) is 3.91. The molecule has 7 heteroatoms. The molecule has 0 bridgehead atoms. The van der Waals surface area contributed by atoms with Gasteiger partial charge < -0.3 is 29.2 Å². The molecule has 2 atom stereocenters. The summed E-state index contributed by atoms with van der Waals surface area (Å²) in [6.07, 6.45) is 4.75. The van der Waals surface area contributed by atoms with Crippen molar-refractivity contribution >= 4 is 22.4 Å². The van der Waals surface area contributed by atoms with Crippen LogP contribution in [0.25, 0.3) is 10.8 Å². The van der Waals surface area contributed by atoms with Crippen LogP contribution >= 0.6 is 11.6 Å². The summed E-state index contributed by atoms with van der Waals surface area (Å²) in [6, 6.07) is 7.77. The third-order valence-corrected chi connectivity index (χ3v) is 5.42. The highest BCUT2D eigenvalue weighted by Crippen LogP contribution is 2.44. The van der Waals surface area contributed by atoms with Crippen LogP contribution in [-0.2, 0) is 22.3 Å². The number of fused-ring (bicyclic) bond motifs is 2. The minimum atomic E-state index is -0.782. The first-order valence-electron chi connectivity index (χ1n) is 10.9. The standard InChI is InChI=1S/C26H31ClO6/c1-3-11-30-14-19(28)16-32-25-21-7-5-6-8-22(21)26(24-13-18(27)9-10-23(24)25)33-17-20(29)15-31-12-4-2/h3-9,19-20,28-29H,1-2,10-17H2. The number of ether oxygens (including phenoxy) is 4. The topological polar surface area (TPSA) is 77.4 Å². The second kappa shape index (κ2) is 12.8. The molecule has 6 nitrogen and oxygen atoms in total. The minimum absolute atomic E-state index is 0.0778. The number of allylic oxidation sites excluding steroid dienone is 2. The molecule has 2 N–H and O–H groups in total. The lowest BCUT2D eigenvalue weighted by Gasteiger charge is -2.25. The van der Waals surface area contributed by atoms with Gasteiger partial charge in [0.2, 0.25) is 0 Å². The highest BCUT2D eigenvalue weighted by molar-refractivity contribution is 6.30. The molecular formula is C26H31ClO6. The Morgan fingerprint density at radius 2 is 1.36 bits per heavy atom. The Bertz CT molecular complexity index is 986. The molecule has 0 spiro atoms. The van der Waals surface area contributed by atoms with E-state index in [0.717, 1.165) is 26.9 Å². The van der Waals surface area contributed by atoms with E-state index in [2.05, 4.69) is 13.2 Å². The first-order chi connectivity index (χ1) is 16.0. The second-order valence-electron chi connectivity index (χ2n) is 7.77. The summed E-state index contributed by atoms with van der Waals surface area (Å²) in [4.78, 5) is 0. The number of hydrogen-bond donors (Lipinski definition) is 2. The van der Waals surface area contributed by atoms with Crippen LogP contribution < -0.4 is 9.47 Å². The van der Waals surface area contributed by atoms with Gasteiger partial charge in [-0.15, -0.1) is 13.2 Å². The van der Waals surface area contributed by atoms with Gasteiger partial charge in [0.15, 0.2) is 0 Å². The molecular weight excluding hydrogens is 444 g/mol. The van der Waals surface area contributed by atoms with Crippen LogP contribution in [-0.4, -0.2) is 62.1 Å². The Kier molecular flexibility index (Phi) is 9.78. The SMILES string of the molecule is C=CCOCC(O)COc1c2c(c(OCC(O)COCC=C)c3ccccc13)CC(Cl)=CC2. The molecule has 0 fully saturated rings. The molecule has 33 heavy (non-hydrogen) atoms. The van der Waals surface area contributed by atoms with Gasteiger partial charge in [-0.1, -0.05) is 54.1 Å². The summed E-state index contributed by atoms with van der Waals surface area (Å²) in [6.45, 7) is 8.41. The van der Waals surface area contributed by atoms with E-state index in [1.165, 1.54) is 0 Å². The summed E-state index contributed by atoms with van der Waals surface area (Å²) in [5.74, 6) is 1.38. The molecule has 0 radical (unpaired) electrons. The molecule has 0 saturated heterocycles. The lowest BCUT2D eigenvalue weighted by molar-refractivity contribution is 0.0208. The molecule has 2 aromatic rings. The van der Waals surface area contributed by atoms with Crippen LogP contribution in [0.5, 0.6) is 11.5 Å². The van der Waals surface area contributed by atoms with E-state index >= 15 is 0 Å². The molecule has 2 unspecified atom stereocenters. The van der Waals surface area contributed by atoms with Gasteiger partial charge in [0.1, 0.15) is 36.9 Å². The van der Waals surface area contributed by atoms with E-state index in [0.29, 0.717) is 37.6 Å². The van der Waals surface area contributed by atoms with Gasteiger partial charge in [-0.3, -0.25) is 0 Å². The zero-order valence-corrected chi connectivity index (χ0v) is 19.4. The van der Waals surface area contributed by atoms with Gasteiger partial charge in [-0.25, -0.2) is 0 Å². The highest BCUT2D eigenvalue weighted by Gasteiger charge is 2.25. The number of hydrogen-bond acceptors (Lipinski definition) is 6. The maximum atomic E-state index is 10.3. The van der Waals surface area contributed by atoms with Gasteiger partial charge in [0.05, 0.1) is 26.4 Å². The Morgan fingerprint density at radius 1 is 0.848 bits per heavy atom. The number of halogens is 1. The van der Waals surface area contributed by atoms with Crippen molar-refractivity contribution in [3.05, 3.63) is 71.8 Å². The van der Waals surface area contributed by atoms with E-state index in [1.54, 1.807) is 12.2 Å². The molecule has 0 aliphatic heterocycles. The summed E-state index contributed by atoms with van der Waals surface area (Å²) in [5, 5.41) is 23.0. The van der Waals surface area contributed by atoms with Crippen molar-refractivity contribution in [2.24, 2.45) is 0 Å². The quantitative estimate of drug-likeness (QED) is 0.319. The smallest absolute Gasteiger partial charge is 0.131 e. The number of benzene rings is 2. The average molecular weight is 475 g/mol. The summed E-state index contributed by atoms with van der Waals surface area (Å²) in [5.41, 5.74) is 1.89. The number of aliphatic hydroxyl groups is 2. The molecule has 178 valence electrons. The first kappa shape index (κ1) is 25.3. The van der Waals surface area contributed by atoms with Crippen molar-refractivity contribution in [2.45, 2.75) is 25.0 Å². The summed E-state index contributed by atoms with van der Waals surface area (Å²) >= 11 is 6.39. The molecule has 0 saturated carbocycles. The van der Waals surface area contributed by atoms with Crippen LogP contribution in [0.3, 0.4) is 0 Å². The largest absolute Gasteiger partial charge is 0.490 e. The van der Waals surface area contributed by atoms with Crippen molar-refractivity contribution in [1.82, 2.24) is 0 Å². The van der Waals surface area contributed by atoms with Crippen LogP contribution in [0, 0.1) is 0 Å². The maximum Gasteiger partial charge on any atom is 0.131 e. The van der Waals surface area contributed by atoms with E-state index in [9.17, 15) is 10.2 Å². The van der Waals surface area contributed by atoms with Gasteiger partial charge in [-0.05, 0) is 6.42 Å². The van der Waals surface area contributed by atoms with Crippen molar-refractivity contribution in [3.8, 4) is 11.5 Å².